The molecule has 1 aliphatic heterocycles. The first-order valence-electron chi connectivity index (χ1n) is 9.75. The Bertz CT molecular complexity index is 722. The number of hydrogen-bond donors (Lipinski definition) is 2. The molecule has 1 heterocycles. The Labute approximate surface area is 166 Å². The van der Waals surface area contributed by atoms with Crippen molar-refractivity contribution in [2.75, 3.05) is 13.2 Å². The van der Waals surface area contributed by atoms with Gasteiger partial charge < -0.3 is 15.1 Å². The summed E-state index contributed by atoms with van der Waals surface area (Å²) in [4.78, 5) is 16.8. The molecule has 0 spiro atoms. The van der Waals surface area contributed by atoms with Gasteiger partial charge in [-0.3, -0.25) is 9.69 Å². The molecule has 2 aromatic rings. The molecule has 1 saturated heterocycles. The van der Waals surface area contributed by atoms with Crippen LogP contribution in [-0.2, 0) is 17.9 Å². The predicted molar refractivity (Wildman–Crippen MR) is 109 cm³/mol. The van der Waals surface area contributed by atoms with Gasteiger partial charge in [0.1, 0.15) is 6.23 Å². The molecule has 1 unspecified atom stereocenters. The molecule has 28 heavy (non-hydrogen) atoms. The van der Waals surface area contributed by atoms with E-state index in [2.05, 4.69) is 29.2 Å². The van der Waals surface area contributed by atoms with Crippen LogP contribution in [0.2, 0.25) is 0 Å². The Balaban J connectivity index is 1.75. The summed E-state index contributed by atoms with van der Waals surface area (Å²) in [6, 6.07) is 19.9. The highest BCUT2D eigenvalue weighted by Gasteiger charge is 2.41. The minimum atomic E-state index is -0.769. The second-order valence-electron chi connectivity index (χ2n) is 7.08. The molecule has 1 amide bonds. The van der Waals surface area contributed by atoms with Crippen LogP contribution in [0.4, 0.5) is 0 Å². The number of aliphatic hydroxyl groups excluding tert-OH is 2. The van der Waals surface area contributed by atoms with Gasteiger partial charge in [0, 0.05) is 26.1 Å². The lowest BCUT2D eigenvalue weighted by molar-refractivity contribution is -0.136. The third-order valence-electron chi connectivity index (χ3n) is 5.07. The highest BCUT2D eigenvalue weighted by Crippen LogP contribution is 2.25. The minimum absolute atomic E-state index is 0.0128. The fourth-order valence-electron chi connectivity index (χ4n) is 3.65. The zero-order chi connectivity index (χ0) is 19.8. The molecule has 0 aromatic heterocycles. The third-order valence-corrected chi connectivity index (χ3v) is 5.07. The van der Waals surface area contributed by atoms with Crippen molar-refractivity contribution in [2.24, 2.45) is 0 Å². The number of aliphatic hydroxyl groups is 2. The number of carbonyl (C=O) groups excluding carboxylic acids is 1. The summed E-state index contributed by atoms with van der Waals surface area (Å²) >= 11 is 0. The number of rotatable bonds is 9. The number of nitrogens with zero attached hydrogens (tertiary/aromatic N) is 2. The van der Waals surface area contributed by atoms with Gasteiger partial charge in [-0.15, -0.1) is 0 Å². The zero-order valence-electron chi connectivity index (χ0n) is 16.0. The molecule has 0 aliphatic carbocycles. The molecule has 0 radical (unpaired) electrons. The van der Waals surface area contributed by atoms with Crippen molar-refractivity contribution in [1.29, 1.82) is 0 Å². The van der Waals surface area contributed by atoms with Crippen molar-refractivity contribution in [1.82, 2.24) is 9.80 Å². The van der Waals surface area contributed by atoms with E-state index in [9.17, 15) is 9.90 Å². The Morgan fingerprint density at radius 1 is 0.964 bits per heavy atom. The molecular formula is C23H28N2O3. The summed E-state index contributed by atoms with van der Waals surface area (Å²) in [7, 11) is 0. The number of likely N-dealkylation sites (tertiary alicyclic amines) is 1. The molecule has 0 saturated carbocycles. The monoisotopic (exact) mass is 380 g/mol. The van der Waals surface area contributed by atoms with E-state index in [0.29, 0.717) is 32.5 Å². The van der Waals surface area contributed by atoms with Crippen LogP contribution in [0.15, 0.2) is 72.8 Å². The van der Waals surface area contributed by atoms with Crippen LogP contribution in [0.5, 0.6) is 0 Å². The fraction of sp³-hybridized carbons (Fsp3) is 0.348. The van der Waals surface area contributed by atoms with E-state index in [-0.39, 0.29) is 18.6 Å². The van der Waals surface area contributed by atoms with Gasteiger partial charge >= 0.3 is 0 Å². The maximum Gasteiger partial charge on any atom is 0.242 e. The third kappa shape index (κ3) is 5.29. The van der Waals surface area contributed by atoms with Crippen molar-refractivity contribution < 1.29 is 15.0 Å². The number of amides is 1. The topological polar surface area (TPSA) is 64.0 Å². The van der Waals surface area contributed by atoms with E-state index < -0.39 is 6.23 Å². The van der Waals surface area contributed by atoms with Crippen molar-refractivity contribution in [3.05, 3.63) is 83.9 Å². The summed E-state index contributed by atoms with van der Waals surface area (Å²) < 4.78 is 0. The summed E-state index contributed by atoms with van der Waals surface area (Å²) in [5, 5.41) is 19.3. The quantitative estimate of drug-likeness (QED) is 0.657. The first-order chi connectivity index (χ1) is 13.7. The van der Waals surface area contributed by atoms with Gasteiger partial charge in [-0.1, -0.05) is 72.8 Å². The second-order valence-corrected chi connectivity index (χ2v) is 7.08. The van der Waals surface area contributed by atoms with Crippen LogP contribution < -0.4 is 0 Å². The van der Waals surface area contributed by atoms with E-state index in [1.54, 1.807) is 11.0 Å². The van der Waals surface area contributed by atoms with Gasteiger partial charge in [-0.05, 0) is 17.5 Å². The molecular weight excluding hydrogens is 352 g/mol. The van der Waals surface area contributed by atoms with Crippen LogP contribution in [0.3, 0.4) is 0 Å². The van der Waals surface area contributed by atoms with Crippen LogP contribution in [0.1, 0.15) is 24.0 Å². The smallest absolute Gasteiger partial charge is 0.242 e. The van der Waals surface area contributed by atoms with Crippen LogP contribution in [-0.4, -0.2) is 51.3 Å². The molecule has 3 rings (SSSR count). The van der Waals surface area contributed by atoms with Gasteiger partial charge in [-0.2, -0.15) is 0 Å². The van der Waals surface area contributed by atoms with Gasteiger partial charge in [0.15, 0.2) is 0 Å². The minimum Gasteiger partial charge on any atom is -0.392 e. The number of hydrogen-bond acceptors (Lipinski definition) is 4. The van der Waals surface area contributed by atoms with E-state index in [1.807, 2.05) is 42.5 Å². The maximum atomic E-state index is 13.1. The van der Waals surface area contributed by atoms with E-state index in [0.717, 1.165) is 11.1 Å². The van der Waals surface area contributed by atoms with Crippen LogP contribution in [0, 0.1) is 0 Å². The summed E-state index contributed by atoms with van der Waals surface area (Å²) in [6.07, 6.45) is 3.74. The molecule has 0 bridgehead atoms. The number of carbonyl (C=O) groups is 1. The largest absolute Gasteiger partial charge is 0.392 e. The summed E-state index contributed by atoms with van der Waals surface area (Å²) in [5.74, 6) is -0.0308. The molecule has 148 valence electrons. The molecule has 5 heteroatoms. The second kappa shape index (κ2) is 10.2. The van der Waals surface area contributed by atoms with Crippen molar-refractivity contribution in [3.8, 4) is 0 Å². The highest BCUT2D eigenvalue weighted by atomic mass is 16.3. The van der Waals surface area contributed by atoms with E-state index in [4.69, 9.17) is 5.11 Å². The average Bonchev–Trinajstić information content (AvgIpc) is 3.00. The van der Waals surface area contributed by atoms with Crippen molar-refractivity contribution >= 4 is 5.91 Å². The van der Waals surface area contributed by atoms with Crippen LogP contribution >= 0.6 is 0 Å². The average molecular weight is 380 g/mol. The fourth-order valence-corrected chi connectivity index (χ4v) is 3.65. The molecule has 1 aliphatic rings. The molecule has 2 atom stereocenters. The molecule has 2 N–H and O–H groups in total. The maximum absolute atomic E-state index is 13.1. The molecule has 1 fully saturated rings. The van der Waals surface area contributed by atoms with Crippen LogP contribution in [0.25, 0.3) is 0 Å². The van der Waals surface area contributed by atoms with E-state index in [1.165, 1.54) is 0 Å². The normalized spacial score (nSPS) is 19.8. The molecule has 2 aromatic carbocycles. The van der Waals surface area contributed by atoms with Gasteiger partial charge in [0.2, 0.25) is 5.91 Å². The standard InChI is InChI=1S/C23H28N2O3/c26-15-9-3-8-14-25-22(27)16-21(23(25)28)24(17-19-10-4-1-5-11-19)18-20-12-6-2-7-13-20/h1-7,9-13,21-22,26-27H,8,14-18H2/b9-3+/t21-,22?/m0/s1. The zero-order valence-corrected chi connectivity index (χ0v) is 16.0. The van der Waals surface area contributed by atoms with Crippen molar-refractivity contribution in [2.45, 2.75) is 38.2 Å². The Hall–Kier alpha value is -2.47. The summed E-state index contributed by atoms with van der Waals surface area (Å²) in [5.41, 5.74) is 2.29. The first-order valence-corrected chi connectivity index (χ1v) is 9.75. The lowest BCUT2D eigenvalue weighted by Gasteiger charge is -2.28. The highest BCUT2D eigenvalue weighted by molar-refractivity contribution is 5.84. The molecule has 5 nitrogen and oxygen atoms in total. The van der Waals surface area contributed by atoms with Crippen molar-refractivity contribution in [3.63, 3.8) is 0 Å². The van der Waals surface area contributed by atoms with Gasteiger partial charge in [0.25, 0.3) is 0 Å². The lowest BCUT2D eigenvalue weighted by atomic mass is 10.1. The number of benzene rings is 2. The predicted octanol–water partition coefficient (Wildman–Crippen LogP) is 2.55. The SMILES string of the molecule is O=C1[C@@H](N(Cc2ccccc2)Cc2ccccc2)CC(O)N1CC/C=C/CO. The Morgan fingerprint density at radius 3 is 2.07 bits per heavy atom. The Morgan fingerprint density at radius 2 is 1.54 bits per heavy atom. The van der Waals surface area contributed by atoms with Gasteiger partial charge in [-0.25, -0.2) is 0 Å². The van der Waals surface area contributed by atoms with E-state index >= 15 is 0 Å². The Kier molecular flexibility index (Phi) is 7.37. The summed E-state index contributed by atoms with van der Waals surface area (Å²) in [6.45, 7) is 1.74. The first kappa shape index (κ1) is 20.3. The van der Waals surface area contributed by atoms with Gasteiger partial charge in [0.05, 0.1) is 12.6 Å². The lowest BCUT2D eigenvalue weighted by Crippen LogP contribution is -2.42.